The normalized spacial score (nSPS) is 16.3. The van der Waals surface area contributed by atoms with E-state index in [1.165, 1.54) is 0 Å². The van der Waals surface area contributed by atoms with Crippen molar-refractivity contribution in [1.82, 2.24) is 19.8 Å². The van der Waals surface area contributed by atoms with E-state index in [-0.39, 0.29) is 11.1 Å². The van der Waals surface area contributed by atoms with Crippen LogP contribution in [0.3, 0.4) is 0 Å². The van der Waals surface area contributed by atoms with Crippen LogP contribution >= 0.6 is 0 Å². The van der Waals surface area contributed by atoms with E-state index in [1.807, 2.05) is 27.7 Å². The number of aromatic amines is 1. The van der Waals surface area contributed by atoms with Crippen molar-refractivity contribution in [1.29, 1.82) is 0 Å². The lowest BCUT2D eigenvalue weighted by Gasteiger charge is -2.25. The maximum absolute atomic E-state index is 12.9. The van der Waals surface area contributed by atoms with Gasteiger partial charge in [0.25, 0.3) is 10.0 Å². The Balaban J connectivity index is 2.22. The van der Waals surface area contributed by atoms with Gasteiger partial charge in [0, 0.05) is 30.7 Å². The number of H-pyrrole nitrogens is 1. The van der Waals surface area contributed by atoms with Crippen molar-refractivity contribution in [3.8, 4) is 0 Å². The van der Waals surface area contributed by atoms with E-state index in [0.717, 1.165) is 12.8 Å². The van der Waals surface area contributed by atoms with Gasteiger partial charge in [-0.1, -0.05) is 13.8 Å². The van der Waals surface area contributed by atoms with E-state index < -0.39 is 10.0 Å². The Bertz CT molecular complexity index is 561. The highest BCUT2D eigenvalue weighted by Crippen LogP contribution is 2.32. The van der Waals surface area contributed by atoms with Gasteiger partial charge in [0.1, 0.15) is 0 Å². The van der Waals surface area contributed by atoms with Gasteiger partial charge in [0.15, 0.2) is 5.03 Å². The van der Waals surface area contributed by atoms with Crippen molar-refractivity contribution in [2.45, 2.75) is 64.2 Å². The molecular formula is C14H26N4O2S. The Morgan fingerprint density at radius 2 is 2.05 bits per heavy atom. The van der Waals surface area contributed by atoms with Crippen molar-refractivity contribution in [3.05, 3.63) is 11.8 Å². The van der Waals surface area contributed by atoms with E-state index in [4.69, 9.17) is 0 Å². The molecule has 1 aliphatic carbocycles. The summed E-state index contributed by atoms with van der Waals surface area (Å²) in [5, 5.41) is 10.1. The smallest absolute Gasteiger partial charge is 0.260 e. The predicted molar refractivity (Wildman–Crippen MR) is 82.3 cm³/mol. The minimum Gasteiger partial charge on any atom is -0.310 e. The Morgan fingerprint density at radius 3 is 2.57 bits per heavy atom. The average molecular weight is 314 g/mol. The molecule has 1 fully saturated rings. The molecular weight excluding hydrogens is 288 g/mol. The molecule has 0 unspecified atom stereocenters. The molecule has 0 atom stereocenters. The van der Waals surface area contributed by atoms with Gasteiger partial charge in [-0.15, -0.1) is 0 Å². The van der Waals surface area contributed by atoms with Crippen LogP contribution in [0.2, 0.25) is 0 Å². The van der Waals surface area contributed by atoms with Crippen LogP contribution in [0.4, 0.5) is 0 Å². The van der Waals surface area contributed by atoms with Crippen LogP contribution in [0.25, 0.3) is 0 Å². The number of sulfonamides is 1. The summed E-state index contributed by atoms with van der Waals surface area (Å²) in [6.07, 6.45) is 3.85. The molecule has 6 nitrogen and oxygen atoms in total. The van der Waals surface area contributed by atoms with Crippen LogP contribution in [0, 0.1) is 5.92 Å². The van der Waals surface area contributed by atoms with Gasteiger partial charge in [-0.2, -0.15) is 9.40 Å². The van der Waals surface area contributed by atoms with Crippen molar-refractivity contribution in [3.63, 3.8) is 0 Å². The number of nitrogens with one attached hydrogen (secondary N) is 2. The summed E-state index contributed by atoms with van der Waals surface area (Å²) in [5.41, 5.74) is 0.699. The van der Waals surface area contributed by atoms with Crippen LogP contribution in [0.15, 0.2) is 11.2 Å². The van der Waals surface area contributed by atoms with E-state index in [2.05, 4.69) is 15.5 Å². The van der Waals surface area contributed by atoms with E-state index in [1.54, 1.807) is 10.5 Å². The SMILES string of the molecule is CC(C)NCc1cn[nH]c1S(=O)(=O)N(CC1CC1)C(C)C. The topological polar surface area (TPSA) is 78.1 Å². The highest BCUT2D eigenvalue weighted by molar-refractivity contribution is 7.89. The largest absolute Gasteiger partial charge is 0.310 e. The predicted octanol–water partition coefficient (Wildman–Crippen LogP) is 1.72. The fourth-order valence-electron chi connectivity index (χ4n) is 2.22. The quantitative estimate of drug-likeness (QED) is 0.766. The first-order valence-corrected chi connectivity index (χ1v) is 9.03. The Kier molecular flexibility index (Phi) is 5.06. The van der Waals surface area contributed by atoms with Gasteiger partial charge in [-0.05, 0) is 32.6 Å². The standard InChI is InChI=1S/C14H26N4O2S/c1-10(2)15-7-13-8-16-17-14(13)21(19,20)18(11(3)4)9-12-5-6-12/h8,10-12,15H,5-7,9H2,1-4H3,(H,16,17). The third kappa shape index (κ3) is 4.05. The van der Waals surface area contributed by atoms with E-state index in [9.17, 15) is 8.42 Å². The summed E-state index contributed by atoms with van der Waals surface area (Å²) in [5.74, 6) is 0.516. The maximum atomic E-state index is 12.9. The number of nitrogens with zero attached hydrogens (tertiary/aromatic N) is 2. The maximum Gasteiger partial charge on any atom is 0.260 e. The number of hydrogen-bond acceptors (Lipinski definition) is 4. The van der Waals surface area contributed by atoms with Crippen molar-refractivity contribution in [2.75, 3.05) is 6.54 Å². The third-order valence-corrected chi connectivity index (χ3v) is 5.71. The molecule has 0 aromatic carbocycles. The van der Waals surface area contributed by atoms with Gasteiger partial charge in [-0.3, -0.25) is 5.10 Å². The molecule has 0 spiro atoms. The Labute approximate surface area is 127 Å². The first-order chi connectivity index (χ1) is 9.82. The van der Waals surface area contributed by atoms with Crippen LogP contribution in [0.5, 0.6) is 0 Å². The molecule has 2 rings (SSSR count). The molecule has 7 heteroatoms. The summed E-state index contributed by atoms with van der Waals surface area (Å²) in [4.78, 5) is 0. The van der Waals surface area contributed by atoms with Crippen LogP contribution in [0.1, 0.15) is 46.1 Å². The lowest BCUT2D eigenvalue weighted by molar-refractivity contribution is 0.340. The van der Waals surface area contributed by atoms with E-state index >= 15 is 0 Å². The van der Waals surface area contributed by atoms with Gasteiger partial charge in [-0.25, -0.2) is 8.42 Å². The first kappa shape index (κ1) is 16.5. The second-order valence-electron chi connectivity index (χ2n) is 6.37. The zero-order valence-electron chi connectivity index (χ0n) is 13.3. The van der Waals surface area contributed by atoms with Crippen molar-refractivity contribution in [2.24, 2.45) is 5.92 Å². The first-order valence-electron chi connectivity index (χ1n) is 7.59. The number of aromatic nitrogens is 2. The lowest BCUT2D eigenvalue weighted by atomic mass is 10.3. The average Bonchev–Trinajstić information content (AvgIpc) is 3.07. The molecule has 0 aliphatic heterocycles. The third-order valence-electron chi connectivity index (χ3n) is 3.66. The minimum absolute atomic E-state index is 0.0511. The summed E-state index contributed by atoms with van der Waals surface area (Å²) in [7, 11) is -3.52. The highest BCUT2D eigenvalue weighted by Gasteiger charge is 2.35. The van der Waals surface area contributed by atoms with Crippen LogP contribution < -0.4 is 5.32 Å². The van der Waals surface area contributed by atoms with Crippen LogP contribution in [-0.2, 0) is 16.6 Å². The number of rotatable bonds is 8. The zero-order chi connectivity index (χ0) is 15.6. The summed E-state index contributed by atoms with van der Waals surface area (Å²) in [6.45, 7) is 9.00. The molecule has 1 aromatic rings. The fourth-order valence-corrected chi connectivity index (χ4v) is 4.04. The molecule has 1 aliphatic rings. The van der Waals surface area contributed by atoms with Gasteiger partial charge >= 0.3 is 0 Å². The zero-order valence-corrected chi connectivity index (χ0v) is 14.1. The van der Waals surface area contributed by atoms with Gasteiger partial charge in [0.05, 0.1) is 6.20 Å². The fraction of sp³-hybridized carbons (Fsp3) is 0.786. The lowest BCUT2D eigenvalue weighted by Crippen LogP contribution is -2.39. The Hall–Kier alpha value is -0.920. The van der Waals surface area contributed by atoms with E-state index in [0.29, 0.717) is 30.6 Å². The summed E-state index contributed by atoms with van der Waals surface area (Å²) >= 11 is 0. The molecule has 21 heavy (non-hydrogen) atoms. The second-order valence-corrected chi connectivity index (χ2v) is 8.20. The minimum atomic E-state index is -3.52. The van der Waals surface area contributed by atoms with Crippen molar-refractivity contribution >= 4 is 10.0 Å². The molecule has 0 radical (unpaired) electrons. The molecule has 2 N–H and O–H groups in total. The van der Waals surface area contributed by atoms with Crippen molar-refractivity contribution < 1.29 is 8.42 Å². The molecule has 0 bridgehead atoms. The molecule has 1 heterocycles. The monoisotopic (exact) mass is 314 g/mol. The molecule has 120 valence electrons. The molecule has 1 aromatic heterocycles. The molecule has 1 saturated carbocycles. The van der Waals surface area contributed by atoms with Gasteiger partial charge in [0.2, 0.25) is 0 Å². The van der Waals surface area contributed by atoms with Gasteiger partial charge < -0.3 is 5.32 Å². The molecule has 0 saturated heterocycles. The second kappa shape index (κ2) is 6.46. The Morgan fingerprint density at radius 1 is 1.38 bits per heavy atom. The highest BCUT2D eigenvalue weighted by atomic mass is 32.2. The summed E-state index contributed by atoms with van der Waals surface area (Å²) in [6, 6.07) is 0.243. The van der Waals surface area contributed by atoms with Crippen LogP contribution in [-0.4, -0.2) is 41.5 Å². The number of hydrogen-bond donors (Lipinski definition) is 2. The molecule has 0 amide bonds. The summed E-state index contributed by atoms with van der Waals surface area (Å²) < 4.78 is 27.4.